The Morgan fingerprint density at radius 3 is 2.28 bits per heavy atom. The largest absolute Gasteiger partial charge is 0.507 e. The highest BCUT2D eigenvalue weighted by molar-refractivity contribution is 8.04. The third kappa shape index (κ3) is 10.2. The number of methoxy groups -OCH3 is 1. The summed E-state index contributed by atoms with van der Waals surface area (Å²) in [5, 5.41) is 50.6. The molecule has 1 aromatic rings. The highest BCUT2D eigenvalue weighted by atomic mass is 32.2. The number of phenols is 1. The second-order valence-electron chi connectivity index (χ2n) is 18.6. The quantitative estimate of drug-likeness (QED) is 0.167. The number of hydrogen-bond donors (Lipinski definition) is 6. The third-order valence-corrected chi connectivity index (χ3v) is 14.3. The molecule has 4 heterocycles. The van der Waals surface area contributed by atoms with Crippen LogP contribution in [0.5, 0.6) is 11.5 Å². The molecule has 2 aliphatic carbocycles. The Morgan fingerprint density at radius 1 is 0.926 bits per heavy atom. The van der Waals surface area contributed by atoms with Gasteiger partial charge in [-0.25, -0.2) is 0 Å². The van der Waals surface area contributed by atoms with Gasteiger partial charge in [-0.1, -0.05) is 45.9 Å². The number of carbonyl (C=O) groups is 6. The van der Waals surface area contributed by atoms with Crippen molar-refractivity contribution in [1.82, 2.24) is 10.6 Å². The number of aliphatic hydroxyl groups excluding tert-OH is 3. The number of rotatable bonds is 7. The topological polar surface area (TPSA) is 263 Å². The molecule has 370 valence electrons. The highest BCUT2D eigenvalue weighted by Crippen LogP contribution is 2.49. The number of allylic oxidation sites excluding steroid dienone is 4. The molecule has 18 nitrogen and oxygen atoms in total. The lowest BCUT2D eigenvalue weighted by atomic mass is 9.78. The van der Waals surface area contributed by atoms with E-state index in [1.165, 1.54) is 53.0 Å². The van der Waals surface area contributed by atoms with Crippen molar-refractivity contribution < 1.29 is 77.6 Å². The molecule has 0 spiro atoms. The number of fused-ring (bicyclic) bond motifs is 15. The second-order valence-corrected chi connectivity index (χ2v) is 19.7. The van der Waals surface area contributed by atoms with Crippen LogP contribution in [-0.2, 0) is 38.1 Å². The van der Waals surface area contributed by atoms with Crippen molar-refractivity contribution in [2.45, 2.75) is 130 Å². The van der Waals surface area contributed by atoms with Gasteiger partial charge in [0, 0.05) is 80.1 Å². The Labute approximate surface area is 399 Å². The molecule has 68 heavy (non-hydrogen) atoms. The summed E-state index contributed by atoms with van der Waals surface area (Å²) in [5.74, 6) is -11.3. The Bertz CT molecular complexity index is 2400. The molecule has 6 N–H and O–H groups in total. The first-order valence-corrected chi connectivity index (χ1v) is 23.5. The Hall–Kier alpha value is -5.15. The van der Waals surface area contributed by atoms with Crippen LogP contribution in [0.25, 0.3) is 0 Å². The van der Waals surface area contributed by atoms with Crippen LogP contribution < -0.4 is 15.4 Å². The number of benzene rings is 1. The van der Waals surface area contributed by atoms with Crippen LogP contribution in [0, 0.1) is 30.6 Å². The second kappa shape index (κ2) is 20.4. The van der Waals surface area contributed by atoms with Gasteiger partial charge in [-0.05, 0) is 39.8 Å². The molecule has 0 unspecified atom stereocenters. The van der Waals surface area contributed by atoms with Crippen molar-refractivity contribution in [2.75, 3.05) is 19.4 Å². The van der Waals surface area contributed by atoms with Gasteiger partial charge in [0.25, 0.3) is 11.7 Å². The number of esters is 1. The van der Waals surface area contributed by atoms with E-state index in [1.54, 1.807) is 53.7 Å². The minimum absolute atomic E-state index is 0.00105. The summed E-state index contributed by atoms with van der Waals surface area (Å²) in [6, 6.07) is 0. The van der Waals surface area contributed by atoms with Crippen LogP contribution in [0.15, 0.2) is 58.4 Å². The first-order valence-electron chi connectivity index (χ1n) is 22.5. The van der Waals surface area contributed by atoms with Crippen molar-refractivity contribution in [2.24, 2.45) is 23.7 Å². The van der Waals surface area contributed by atoms with Gasteiger partial charge in [0.15, 0.2) is 5.79 Å². The van der Waals surface area contributed by atoms with Gasteiger partial charge in [0.2, 0.25) is 17.5 Å². The summed E-state index contributed by atoms with van der Waals surface area (Å²) in [6.45, 7) is 15.5. The first-order chi connectivity index (χ1) is 31.8. The number of hydrogen-bond acceptors (Lipinski definition) is 17. The SMILES string of the molecule is CO[C@H]1C=CO[C@@]2(C)Oc3c(C)c(O)c4c(c3C2=O)C(=O)C(SCCNC(=O)C2=C[C@H]3OC(C)(C)O[C@H]3[C@H](O)C2)=C(NC(=O)/C(C)=C\C=C/[C@H](C)[C@H](O)[C@@H](C)[C@@H](O)[C@@H](C)[C@H](OC(C)=O)[C@@H]1C)C4=O. The van der Waals surface area contributed by atoms with Crippen molar-refractivity contribution >= 4 is 46.9 Å². The van der Waals surface area contributed by atoms with Gasteiger partial charge >= 0.3 is 11.8 Å². The van der Waals surface area contributed by atoms with Gasteiger partial charge in [-0.2, -0.15) is 0 Å². The fourth-order valence-electron chi connectivity index (χ4n) is 9.25. The number of phenolic OH excluding ortho intramolecular Hbond substituents is 1. The van der Waals surface area contributed by atoms with Crippen LogP contribution in [0.1, 0.15) is 105 Å². The molecule has 1 aromatic carbocycles. The molecule has 0 saturated carbocycles. The van der Waals surface area contributed by atoms with Gasteiger partial charge in [-0.15, -0.1) is 11.8 Å². The predicted molar refractivity (Wildman–Crippen MR) is 246 cm³/mol. The highest BCUT2D eigenvalue weighted by Gasteiger charge is 2.53. The third-order valence-electron chi connectivity index (χ3n) is 13.2. The van der Waals surface area contributed by atoms with E-state index >= 15 is 0 Å². The normalized spacial score (nSPS) is 34.2. The molecule has 6 aliphatic rings. The van der Waals surface area contributed by atoms with E-state index in [9.17, 15) is 49.2 Å². The zero-order valence-electron chi connectivity index (χ0n) is 40.0. The summed E-state index contributed by atoms with van der Waals surface area (Å²) in [6.07, 6.45) is 2.39. The summed E-state index contributed by atoms with van der Waals surface area (Å²) < 4.78 is 35.2. The molecular formula is C49H62N2O16S. The number of aliphatic hydroxyl groups is 3. The van der Waals surface area contributed by atoms with Gasteiger partial charge in [0.1, 0.15) is 35.5 Å². The van der Waals surface area contributed by atoms with Gasteiger partial charge in [-0.3, -0.25) is 28.8 Å². The fourth-order valence-corrected chi connectivity index (χ4v) is 10.2. The summed E-state index contributed by atoms with van der Waals surface area (Å²) in [7, 11) is 1.40. The van der Waals surface area contributed by atoms with Crippen molar-refractivity contribution in [1.29, 1.82) is 0 Å². The Morgan fingerprint density at radius 2 is 1.62 bits per heavy atom. The van der Waals surface area contributed by atoms with Crippen molar-refractivity contribution in [3.63, 3.8) is 0 Å². The van der Waals surface area contributed by atoms with E-state index in [1.807, 2.05) is 0 Å². The summed E-state index contributed by atoms with van der Waals surface area (Å²) >= 11 is 0.820. The lowest BCUT2D eigenvalue weighted by molar-refractivity contribution is -0.160. The number of carbonyl (C=O) groups excluding carboxylic acids is 6. The Balaban J connectivity index is 1.37. The molecule has 5 bridgehead atoms. The molecule has 19 heteroatoms. The molecule has 1 saturated heterocycles. The number of thioether (sulfide) groups is 1. The zero-order chi connectivity index (χ0) is 50.3. The number of aromatic hydroxyl groups is 1. The number of ketones is 3. The van der Waals surface area contributed by atoms with Crippen molar-refractivity contribution in [3.8, 4) is 11.5 Å². The monoisotopic (exact) mass is 966 g/mol. The minimum Gasteiger partial charge on any atom is -0.507 e. The van der Waals surface area contributed by atoms with E-state index in [4.69, 9.17) is 28.4 Å². The van der Waals surface area contributed by atoms with Crippen LogP contribution >= 0.6 is 11.8 Å². The molecule has 1 fully saturated rings. The van der Waals surface area contributed by atoms with E-state index in [0.29, 0.717) is 0 Å². The van der Waals surface area contributed by atoms with Crippen LogP contribution in [0.4, 0.5) is 0 Å². The van der Waals surface area contributed by atoms with Crippen molar-refractivity contribution in [3.05, 3.63) is 80.6 Å². The van der Waals surface area contributed by atoms with E-state index in [-0.39, 0.29) is 51.6 Å². The molecule has 12 atom stereocenters. The summed E-state index contributed by atoms with van der Waals surface area (Å²) in [4.78, 5) is 83.2. The van der Waals surface area contributed by atoms with E-state index in [2.05, 4.69) is 10.6 Å². The van der Waals surface area contributed by atoms with Gasteiger partial charge in [0.05, 0.1) is 52.3 Å². The smallest absolute Gasteiger partial charge is 0.312 e. The number of ether oxygens (including phenoxy) is 6. The number of Topliss-reactive ketones (excluding diaryl/α,β-unsaturated/α-hetero) is 3. The number of nitrogens with one attached hydrogen (secondary N) is 2. The molecular weight excluding hydrogens is 905 g/mol. The van der Waals surface area contributed by atoms with Crippen LogP contribution in [-0.4, -0.2) is 129 Å². The van der Waals surface area contributed by atoms with Crippen LogP contribution in [0.2, 0.25) is 0 Å². The first kappa shape index (κ1) is 52.2. The molecule has 4 aliphatic heterocycles. The van der Waals surface area contributed by atoms with Crippen LogP contribution in [0.3, 0.4) is 0 Å². The Kier molecular flexibility index (Phi) is 15.7. The van der Waals surface area contributed by atoms with E-state index < -0.39 is 136 Å². The minimum atomic E-state index is -2.15. The fraction of sp³-hybridized carbons (Fsp3) is 0.551. The molecule has 0 aromatic heterocycles. The average Bonchev–Trinajstić information content (AvgIpc) is 3.75. The maximum atomic E-state index is 14.8. The summed E-state index contributed by atoms with van der Waals surface area (Å²) in [5.41, 5.74) is -1.54. The number of amides is 2. The molecule has 2 amide bonds. The lowest BCUT2D eigenvalue weighted by Gasteiger charge is -2.38. The maximum Gasteiger partial charge on any atom is 0.312 e. The average molecular weight is 967 g/mol. The predicted octanol–water partition coefficient (Wildman–Crippen LogP) is 4.02. The lowest BCUT2D eigenvalue weighted by Crippen LogP contribution is -2.46. The van der Waals surface area contributed by atoms with E-state index in [0.717, 1.165) is 18.0 Å². The molecule has 0 radical (unpaired) electrons. The van der Waals surface area contributed by atoms with Gasteiger partial charge < -0.3 is 59.5 Å². The maximum absolute atomic E-state index is 14.8. The molecule has 7 rings (SSSR count). The standard InChI is InChI=1S/C49H62N2O16S/c1-21-13-12-14-22(2)46(60)51-35-39(57)33-32(40(58)44(35)68-18-16-50-47(61)28-19-29(53)43-31(20-28)65-48(8,9)66-43)34-42(26(6)38(33)56)67-49(10,45(34)59)63-17-15-30(62-11)23(3)41(64-27(7)52)25(5)37(55)24(4)36(21)54/h12-15,17,20-21,23-25,29-31,36-37,41,43,53-56H,16,18-19H2,1-11H3,(H,50,61)(H,51,60)/b13-12-,17-15?,22-14-/t21-,23+,24+,25+,29+,30-,31+,36-,37+,41+,43-,49-/m0/s1. The zero-order valence-corrected chi connectivity index (χ0v) is 40.8.